The number of nitrogens with zero attached hydrogens (tertiary/aromatic N) is 2. The van der Waals surface area contributed by atoms with Gasteiger partial charge < -0.3 is 14.8 Å². The topological polar surface area (TPSA) is 114 Å². The number of nitro benzene ring substituents is 1. The van der Waals surface area contributed by atoms with E-state index in [0.29, 0.717) is 38.7 Å². The fourth-order valence-corrected chi connectivity index (χ4v) is 4.01. The second kappa shape index (κ2) is 12.2. The van der Waals surface area contributed by atoms with Gasteiger partial charge in [0.25, 0.3) is 11.6 Å². The molecule has 0 spiro atoms. The standard InChI is InChI=1S/C26H21BrClN3O5/c1-3-35-24-13-17(12-20(27)25(24)36-15-18-6-4-5-7-21(18)28)11-19(14-29)26(32)30-22-9-8-16(2)10-23(22)31(33)34/h4-13H,3,15H2,1-2H3,(H,30,32)/b19-11+. The normalized spacial score (nSPS) is 10.9. The van der Waals surface area contributed by atoms with E-state index in [0.717, 1.165) is 5.56 Å². The van der Waals surface area contributed by atoms with Gasteiger partial charge in [-0.2, -0.15) is 5.26 Å². The van der Waals surface area contributed by atoms with Gasteiger partial charge in [0.15, 0.2) is 11.5 Å². The number of aryl methyl sites for hydroxylation is 1. The van der Waals surface area contributed by atoms with Crippen molar-refractivity contribution in [3.8, 4) is 17.6 Å². The van der Waals surface area contributed by atoms with Crippen LogP contribution in [0.2, 0.25) is 5.02 Å². The van der Waals surface area contributed by atoms with Crippen molar-refractivity contribution >= 4 is 50.9 Å². The molecule has 1 amide bonds. The molecule has 0 aliphatic heterocycles. The van der Waals surface area contributed by atoms with Crippen LogP contribution in [0.25, 0.3) is 6.08 Å². The average Bonchev–Trinajstić information content (AvgIpc) is 2.84. The van der Waals surface area contributed by atoms with Crippen molar-refractivity contribution in [3.63, 3.8) is 0 Å². The predicted octanol–water partition coefficient (Wildman–Crippen LogP) is 6.84. The molecule has 0 aliphatic carbocycles. The van der Waals surface area contributed by atoms with E-state index in [1.54, 1.807) is 31.2 Å². The minimum atomic E-state index is -0.780. The second-order valence-electron chi connectivity index (χ2n) is 7.54. The van der Waals surface area contributed by atoms with Crippen LogP contribution in [0.3, 0.4) is 0 Å². The molecule has 0 atom stereocenters. The Labute approximate surface area is 221 Å². The van der Waals surface area contributed by atoms with Gasteiger partial charge in [0.05, 0.1) is 16.0 Å². The fraction of sp³-hybridized carbons (Fsp3) is 0.154. The lowest BCUT2D eigenvalue weighted by Crippen LogP contribution is -2.14. The van der Waals surface area contributed by atoms with Crippen molar-refractivity contribution in [2.24, 2.45) is 0 Å². The number of amides is 1. The summed E-state index contributed by atoms with van der Waals surface area (Å²) in [5, 5.41) is 24.0. The van der Waals surface area contributed by atoms with Gasteiger partial charge >= 0.3 is 0 Å². The Kier molecular flexibility index (Phi) is 9.06. The van der Waals surface area contributed by atoms with Gasteiger partial charge in [-0.15, -0.1) is 0 Å². The quantitative estimate of drug-likeness (QED) is 0.130. The third kappa shape index (κ3) is 6.62. The number of anilines is 1. The van der Waals surface area contributed by atoms with Gasteiger partial charge in [0.1, 0.15) is 23.9 Å². The van der Waals surface area contributed by atoms with Crippen LogP contribution in [0.15, 0.2) is 64.6 Å². The van der Waals surface area contributed by atoms with Gasteiger partial charge in [0, 0.05) is 16.7 Å². The first-order chi connectivity index (χ1) is 17.2. The van der Waals surface area contributed by atoms with E-state index < -0.39 is 10.8 Å². The number of benzene rings is 3. The number of nitro groups is 1. The van der Waals surface area contributed by atoms with Crippen molar-refractivity contribution in [2.45, 2.75) is 20.5 Å². The SMILES string of the molecule is CCOc1cc(/C=C(\C#N)C(=O)Nc2ccc(C)cc2[N+](=O)[O-])cc(Br)c1OCc1ccccc1Cl. The Morgan fingerprint density at radius 3 is 2.64 bits per heavy atom. The molecule has 3 rings (SSSR count). The first-order valence-corrected chi connectivity index (χ1v) is 11.9. The fourth-order valence-electron chi connectivity index (χ4n) is 3.24. The molecule has 3 aromatic rings. The maximum atomic E-state index is 12.8. The van der Waals surface area contributed by atoms with E-state index in [4.69, 9.17) is 21.1 Å². The van der Waals surface area contributed by atoms with Gasteiger partial charge in [-0.3, -0.25) is 14.9 Å². The van der Waals surface area contributed by atoms with E-state index >= 15 is 0 Å². The number of hydrogen-bond donors (Lipinski definition) is 1. The molecule has 0 unspecified atom stereocenters. The lowest BCUT2D eigenvalue weighted by atomic mass is 10.1. The van der Waals surface area contributed by atoms with E-state index in [1.807, 2.05) is 31.2 Å². The maximum absolute atomic E-state index is 12.8. The minimum Gasteiger partial charge on any atom is -0.490 e. The van der Waals surface area contributed by atoms with E-state index in [2.05, 4.69) is 21.2 Å². The largest absolute Gasteiger partial charge is 0.490 e. The van der Waals surface area contributed by atoms with Crippen molar-refractivity contribution in [3.05, 3.63) is 96.5 Å². The van der Waals surface area contributed by atoms with Crippen molar-refractivity contribution in [1.82, 2.24) is 0 Å². The molecular formula is C26H21BrClN3O5. The molecule has 1 N–H and O–H groups in total. The van der Waals surface area contributed by atoms with Crippen molar-refractivity contribution < 1.29 is 19.2 Å². The highest BCUT2D eigenvalue weighted by atomic mass is 79.9. The summed E-state index contributed by atoms with van der Waals surface area (Å²) in [5.41, 5.74) is 1.44. The average molecular weight is 571 g/mol. The smallest absolute Gasteiger partial charge is 0.293 e. The summed E-state index contributed by atoms with van der Waals surface area (Å²) >= 11 is 9.68. The lowest BCUT2D eigenvalue weighted by molar-refractivity contribution is -0.384. The zero-order valence-electron chi connectivity index (χ0n) is 19.4. The molecule has 0 saturated carbocycles. The zero-order valence-corrected chi connectivity index (χ0v) is 21.7. The Balaban J connectivity index is 1.89. The molecule has 0 heterocycles. The molecule has 0 radical (unpaired) electrons. The predicted molar refractivity (Wildman–Crippen MR) is 141 cm³/mol. The molecule has 3 aromatic carbocycles. The summed E-state index contributed by atoms with van der Waals surface area (Å²) < 4.78 is 12.2. The highest BCUT2D eigenvalue weighted by Crippen LogP contribution is 2.38. The van der Waals surface area contributed by atoms with Crippen LogP contribution in [0.4, 0.5) is 11.4 Å². The highest BCUT2D eigenvalue weighted by Gasteiger charge is 2.19. The summed E-state index contributed by atoms with van der Waals surface area (Å²) in [4.78, 5) is 23.5. The van der Waals surface area contributed by atoms with E-state index in [-0.39, 0.29) is 23.6 Å². The Bertz CT molecular complexity index is 1380. The van der Waals surface area contributed by atoms with E-state index in [1.165, 1.54) is 18.2 Å². The van der Waals surface area contributed by atoms with Crippen LogP contribution in [0.5, 0.6) is 11.5 Å². The van der Waals surface area contributed by atoms with Crippen LogP contribution in [-0.4, -0.2) is 17.4 Å². The molecule has 36 heavy (non-hydrogen) atoms. The number of ether oxygens (including phenoxy) is 2. The summed E-state index contributed by atoms with van der Waals surface area (Å²) in [6, 6.07) is 16.9. The third-order valence-corrected chi connectivity index (χ3v) is 5.89. The number of nitriles is 1. The highest BCUT2D eigenvalue weighted by molar-refractivity contribution is 9.10. The van der Waals surface area contributed by atoms with Crippen LogP contribution in [0.1, 0.15) is 23.6 Å². The van der Waals surface area contributed by atoms with E-state index in [9.17, 15) is 20.2 Å². The molecule has 184 valence electrons. The molecule has 0 aromatic heterocycles. The van der Waals surface area contributed by atoms with Crippen LogP contribution in [0, 0.1) is 28.4 Å². The molecule has 0 fully saturated rings. The first-order valence-electron chi connectivity index (χ1n) is 10.7. The Hall–Kier alpha value is -3.87. The number of rotatable bonds is 9. The van der Waals surface area contributed by atoms with Crippen LogP contribution >= 0.6 is 27.5 Å². The Morgan fingerprint density at radius 1 is 1.22 bits per heavy atom. The van der Waals surface area contributed by atoms with Crippen molar-refractivity contribution in [1.29, 1.82) is 5.26 Å². The molecule has 8 nitrogen and oxygen atoms in total. The van der Waals surface area contributed by atoms with Gasteiger partial charge in [-0.05, 0) is 71.2 Å². The number of nitrogens with one attached hydrogen (secondary N) is 1. The summed E-state index contributed by atoms with van der Waals surface area (Å²) in [6.45, 7) is 4.07. The number of carbonyl (C=O) groups is 1. The van der Waals surface area contributed by atoms with Gasteiger partial charge in [-0.1, -0.05) is 35.9 Å². The summed E-state index contributed by atoms with van der Waals surface area (Å²) in [6.07, 6.45) is 1.36. The second-order valence-corrected chi connectivity index (χ2v) is 8.81. The summed E-state index contributed by atoms with van der Waals surface area (Å²) in [5.74, 6) is 0.0572. The van der Waals surface area contributed by atoms with Crippen molar-refractivity contribution in [2.75, 3.05) is 11.9 Å². The monoisotopic (exact) mass is 569 g/mol. The summed E-state index contributed by atoms with van der Waals surface area (Å²) in [7, 11) is 0. The number of halogens is 2. The lowest BCUT2D eigenvalue weighted by Gasteiger charge is -2.15. The molecule has 10 heteroatoms. The molecule has 0 bridgehead atoms. The van der Waals surface area contributed by atoms with Crippen LogP contribution < -0.4 is 14.8 Å². The third-order valence-electron chi connectivity index (χ3n) is 4.94. The van der Waals surface area contributed by atoms with Gasteiger partial charge in [-0.25, -0.2) is 0 Å². The maximum Gasteiger partial charge on any atom is 0.293 e. The molecule has 0 aliphatic rings. The zero-order chi connectivity index (χ0) is 26.2. The van der Waals surface area contributed by atoms with Gasteiger partial charge in [0.2, 0.25) is 0 Å². The number of carbonyl (C=O) groups excluding carboxylic acids is 1. The Morgan fingerprint density at radius 2 is 1.97 bits per heavy atom. The molecular weight excluding hydrogens is 550 g/mol. The number of hydrogen-bond acceptors (Lipinski definition) is 6. The molecule has 0 saturated heterocycles. The van der Waals surface area contributed by atoms with Crippen LogP contribution in [-0.2, 0) is 11.4 Å². The minimum absolute atomic E-state index is 0.00347. The first kappa shape index (κ1) is 26.7.